The van der Waals surface area contributed by atoms with E-state index in [4.69, 9.17) is 14.2 Å². The lowest BCUT2D eigenvalue weighted by molar-refractivity contribution is -0.296. The van der Waals surface area contributed by atoms with Crippen LogP contribution >= 0.6 is 0 Å². The second kappa shape index (κ2) is 5.70. The van der Waals surface area contributed by atoms with Crippen molar-refractivity contribution in [1.82, 2.24) is 0 Å². The third-order valence-electron chi connectivity index (χ3n) is 6.83. The summed E-state index contributed by atoms with van der Waals surface area (Å²) >= 11 is 0. The Morgan fingerprint density at radius 2 is 1.85 bits per heavy atom. The van der Waals surface area contributed by atoms with Crippen LogP contribution in [0.5, 0.6) is 0 Å². The van der Waals surface area contributed by atoms with Gasteiger partial charge >= 0.3 is 17.9 Å². The van der Waals surface area contributed by atoms with Gasteiger partial charge < -0.3 is 24.4 Å². The van der Waals surface area contributed by atoms with E-state index >= 15 is 0 Å². The van der Waals surface area contributed by atoms with Crippen molar-refractivity contribution in [1.29, 1.82) is 0 Å². The van der Waals surface area contributed by atoms with Gasteiger partial charge in [0, 0.05) is 30.6 Å². The maximum atomic E-state index is 12.8. The Morgan fingerprint density at radius 3 is 2.56 bits per heavy atom. The number of hydrogen-bond donors (Lipinski definition) is 2. The summed E-state index contributed by atoms with van der Waals surface area (Å²) in [6.45, 7) is 5.18. The van der Waals surface area contributed by atoms with Crippen molar-refractivity contribution in [2.24, 2.45) is 17.8 Å². The molecule has 5 aliphatic rings. The summed E-state index contributed by atoms with van der Waals surface area (Å²) in [6, 6.07) is 0. The van der Waals surface area contributed by atoms with Gasteiger partial charge in [-0.2, -0.15) is 0 Å². The molecule has 1 spiro atoms. The molecule has 1 saturated carbocycles. The average Bonchev–Trinajstić information content (AvgIpc) is 2.60. The number of allylic oxidation sites excluding steroid dienone is 1. The molecule has 4 aliphatic heterocycles. The van der Waals surface area contributed by atoms with Gasteiger partial charge in [-0.05, 0) is 20.3 Å². The molecule has 0 aromatic carbocycles. The molecule has 0 amide bonds. The number of fused-ring (bicyclic) bond motifs is 3. The Hall–Kier alpha value is -2.09. The standard InChI is InChI=1S/C19H24O8/c1-8-7-19-14(15(22)18(8,3)27-17(19)24)10-6-12(21)25-9(2)4-5-11(20)13(10)16(23)26-19/h8-10,14-15,20,22H,4-7H2,1-3H3/b13-11-/t8-,9-,10+,14-,15-,18+,19-/m0/s1. The highest BCUT2D eigenvalue weighted by molar-refractivity contribution is 5.97. The predicted octanol–water partition coefficient (Wildman–Crippen LogP) is 1.16. The summed E-state index contributed by atoms with van der Waals surface area (Å²) in [5, 5.41) is 21.6. The van der Waals surface area contributed by atoms with Crippen molar-refractivity contribution in [2.45, 2.75) is 69.9 Å². The zero-order valence-electron chi connectivity index (χ0n) is 15.6. The van der Waals surface area contributed by atoms with E-state index in [0.29, 0.717) is 6.42 Å². The largest absolute Gasteiger partial charge is 0.512 e. The highest BCUT2D eigenvalue weighted by Crippen LogP contribution is 2.59. The maximum absolute atomic E-state index is 12.8. The Bertz CT molecular complexity index is 757. The molecule has 2 bridgehead atoms. The fourth-order valence-corrected chi connectivity index (χ4v) is 5.16. The van der Waals surface area contributed by atoms with E-state index in [0.717, 1.165) is 0 Å². The molecule has 7 atom stereocenters. The lowest BCUT2D eigenvalue weighted by atomic mass is 9.54. The fraction of sp³-hybridized carbons (Fsp3) is 0.737. The van der Waals surface area contributed by atoms with Crippen molar-refractivity contribution in [3.05, 3.63) is 11.3 Å². The Labute approximate surface area is 156 Å². The van der Waals surface area contributed by atoms with Gasteiger partial charge in [0.15, 0.2) is 0 Å². The van der Waals surface area contributed by atoms with Crippen LogP contribution in [0.25, 0.3) is 0 Å². The zero-order chi connectivity index (χ0) is 19.7. The molecule has 4 fully saturated rings. The zero-order valence-corrected chi connectivity index (χ0v) is 15.6. The third kappa shape index (κ3) is 2.35. The number of carbonyl (C=O) groups is 3. The molecule has 0 aromatic heterocycles. The molecule has 8 nitrogen and oxygen atoms in total. The van der Waals surface area contributed by atoms with E-state index in [9.17, 15) is 24.6 Å². The topological polar surface area (TPSA) is 119 Å². The average molecular weight is 380 g/mol. The predicted molar refractivity (Wildman–Crippen MR) is 89.1 cm³/mol. The van der Waals surface area contributed by atoms with Crippen molar-refractivity contribution >= 4 is 17.9 Å². The Balaban J connectivity index is 1.86. The van der Waals surface area contributed by atoms with E-state index in [1.165, 1.54) is 0 Å². The van der Waals surface area contributed by atoms with E-state index in [1.54, 1.807) is 13.8 Å². The number of ether oxygens (including phenoxy) is 3. The summed E-state index contributed by atoms with van der Waals surface area (Å²) in [5.74, 6) is -4.24. The van der Waals surface area contributed by atoms with Gasteiger partial charge in [-0.25, -0.2) is 9.59 Å². The highest BCUT2D eigenvalue weighted by atomic mass is 16.6. The minimum absolute atomic E-state index is 0.0349. The number of carbonyl (C=O) groups excluding carboxylic acids is 3. The molecule has 1 aliphatic carbocycles. The molecular formula is C19H24O8. The Kier molecular flexibility index (Phi) is 3.86. The van der Waals surface area contributed by atoms with Crippen molar-refractivity contribution in [3.8, 4) is 0 Å². The number of aliphatic hydroxyl groups is 2. The van der Waals surface area contributed by atoms with Gasteiger partial charge in [0.2, 0.25) is 5.60 Å². The van der Waals surface area contributed by atoms with E-state index < -0.39 is 53.2 Å². The van der Waals surface area contributed by atoms with Crippen LogP contribution in [0.1, 0.15) is 46.5 Å². The summed E-state index contributed by atoms with van der Waals surface area (Å²) in [4.78, 5) is 38.0. The molecule has 0 aromatic rings. The Morgan fingerprint density at radius 1 is 1.15 bits per heavy atom. The molecule has 5 rings (SSSR count). The highest BCUT2D eigenvalue weighted by Gasteiger charge is 2.74. The molecule has 4 heterocycles. The van der Waals surface area contributed by atoms with Gasteiger partial charge in [-0.3, -0.25) is 4.79 Å². The molecular weight excluding hydrogens is 356 g/mol. The second-order valence-electron chi connectivity index (χ2n) is 8.44. The molecule has 3 saturated heterocycles. The summed E-state index contributed by atoms with van der Waals surface area (Å²) in [7, 11) is 0. The number of cyclic esters (lactones) is 1. The van der Waals surface area contributed by atoms with E-state index in [1.807, 2.05) is 6.92 Å². The summed E-state index contributed by atoms with van der Waals surface area (Å²) in [5.41, 5.74) is -2.83. The second-order valence-corrected chi connectivity index (χ2v) is 8.44. The number of aliphatic hydroxyl groups excluding tert-OH is 2. The summed E-state index contributed by atoms with van der Waals surface area (Å²) in [6.07, 6.45) is -1.09. The van der Waals surface area contributed by atoms with Gasteiger partial charge in [-0.1, -0.05) is 6.92 Å². The first-order valence-electron chi connectivity index (χ1n) is 9.36. The number of esters is 3. The molecule has 2 N–H and O–H groups in total. The first-order valence-corrected chi connectivity index (χ1v) is 9.36. The smallest absolute Gasteiger partial charge is 0.351 e. The molecule has 148 valence electrons. The SMILES string of the molecule is C[C@H]1CC/C(O)=C2/C(=O)O[C@]34C[C@H](C)[C@@](C)(OC3=O)[C@@H](O)[C@@H]4[C@@H]2CC(=O)O1. The van der Waals surface area contributed by atoms with Crippen LogP contribution in [0.4, 0.5) is 0 Å². The van der Waals surface area contributed by atoms with Crippen molar-refractivity contribution < 1.29 is 38.8 Å². The number of hydrogen-bond acceptors (Lipinski definition) is 8. The van der Waals surface area contributed by atoms with Crippen LogP contribution in [-0.2, 0) is 28.6 Å². The van der Waals surface area contributed by atoms with Crippen LogP contribution in [-0.4, -0.2) is 51.5 Å². The lowest BCUT2D eigenvalue weighted by Crippen LogP contribution is -2.77. The monoisotopic (exact) mass is 380 g/mol. The van der Waals surface area contributed by atoms with Crippen molar-refractivity contribution in [2.75, 3.05) is 0 Å². The van der Waals surface area contributed by atoms with Gasteiger partial charge in [0.1, 0.15) is 17.5 Å². The van der Waals surface area contributed by atoms with Gasteiger partial charge in [0.25, 0.3) is 0 Å². The third-order valence-corrected chi connectivity index (χ3v) is 6.83. The first kappa shape index (κ1) is 18.3. The van der Waals surface area contributed by atoms with Gasteiger partial charge in [0.05, 0.1) is 18.1 Å². The van der Waals surface area contributed by atoms with Crippen LogP contribution in [0.2, 0.25) is 0 Å². The molecule has 27 heavy (non-hydrogen) atoms. The minimum atomic E-state index is -1.65. The van der Waals surface area contributed by atoms with E-state index in [-0.39, 0.29) is 36.5 Å². The normalized spacial score (nSPS) is 49.6. The molecule has 0 radical (unpaired) electrons. The van der Waals surface area contributed by atoms with E-state index in [2.05, 4.69) is 0 Å². The van der Waals surface area contributed by atoms with Crippen LogP contribution in [0, 0.1) is 17.8 Å². The fourth-order valence-electron chi connectivity index (χ4n) is 5.16. The summed E-state index contributed by atoms with van der Waals surface area (Å²) < 4.78 is 16.4. The molecule has 8 heteroatoms. The first-order chi connectivity index (χ1) is 12.6. The molecule has 0 unspecified atom stereocenters. The van der Waals surface area contributed by atoms with Crippen LogP contribution in [0.15, 0.2) is 11.3 Å². The quantitative estimate of drug-likeness (QED) is 0.475. The van der Waals surface area contributed by atoms with Crippen molar-refractivity contribution in [3.63, 3.8) is 0 Å². The van der Waals surface area contributed by atoms with Crippen LogP contribution < -0.4 is 0 Å². The maximum Gasteiger partial charge on any atom is 0.351 e. The lowest BCUT2D eigenvalue weighted by Gasteiger charge is -2.62. The minimum Gasteiger partial charge on any atom is -0.512 e. The van der Waals surface area contributed by atoms with Crippen LogP contribution in [0.3, 0.4) is 0 Å². The van der Waals surface area contributed by atoms with Gasteiger partial charge in [-0.15, -0.1) is 0 Å². The number of rotatable bonds is 0.